The van der Waals surface area contributed by atoms with Crippen molar-refractivity contribution in [2.24, 2.45) is 23.7 Å². The molecule has 0 aromatic heterocycles. The topological polar surface area (TPSA) is 63.3 Å². The number of hydrogen-bond acceptors (Lipinski definition) is 7. The van der Waals surface area contributed by atoms with Gasteiger partial charge in [-0.15, -0.1) is 0 Å². The molecule has 7 rings (SSSR count). The molecule has 7 nitrogen and oxygen atoms in total. The van der Waals surface area contributed by atoms with Crippen molar-refractivity contribution in [2.75, 3.05) is 57.5 Å². The Labute approximate surface area is 289 Å². The van der Waals surface area contributed by atoms with Crippen molar-refractivity contribution in [2.45, 2.75) is 75.3 Å². The number of morpholine rings is 2. The first-order chi connectivity index (χ1) is 22.8. The number of allylic oxidation sites excluding steroid dienone is 1. The Bertz CT molecular complexity index is 1470. The van der Waals surface area contributed by atoms with Crippen LogP contribution in [0.3, 0.4) is 0 Å². The van der Waals surface area contributed by atoms with Crippen molar-refractivity contribution in [3.8, 4) is 5.75 Å². The molecular weight excluding hydrogens is 630 g/mol. The van der Waals surface area contributed by atoms with Crippen LogP contribution in [0.5, 0.6) is 5.75 Å². The maximum absolute atomic E-state index is 13.3. The Morgan fingerprint density at radius 2 is 1.98 bits per heavy atom. The van der Waals surface area contributed by atoms with Crippen molar-refractivity contribution in [3.63, 3.8) is 0 Å². The fourth-order valence-corrected chi connectivity index (χ4v) is 9.24. The Morgan fingerprint density at radius 3 is 2.81 bits per heavy atom. The number of amides is 1. The molecule has 4 heterocycles. The quantitative estimate of drug-likeness (QED) is 0.274. The molecule has 254 valence electrons. The lowest BCUT2D eigenvalue weighted by Crippen LogP contribution is -2.65. The summed E-state index contributed by atoms with van der Waals surface area (Å²) in [6.07, 6.45) is 9.96. The van der Waals surface area contributed by atoms with Crippen molar-refractivity contribution in [3.05, 3.63) is 64.7 Å². The summed E-state index contributed by atoms with van der Waals surface area (Å²) >= 11 is 7.90. The van der Waals surface area contributed by atoms with Gasteiger partial charge in [0.2, 0.25) is 5.91 Å². The first-order valence-electron chi connectivity index (χ1n) is 17.7. The van der Waals surface area contributed by atoms with Crippen LogP contribution in [-0.4, -0.2) is 75.1 Å². The number of nitrogens with one attached hydrogen (secondary N) is 1. The SMILES string of the molecule is CCCc1cc(Cl)ccc1C1COc2ccc3cc2N(C1)CC1CCC1C1(/C=C/CC(C)C(C)C(=O)NS3)CN2CCOCC2CO1. The van der Waals surface area contributed by atoms with Crippen LogP contribution in [0.15, 0.2) is 53.4 Å². The average molecular weight is 680 g/mol. The van der Waals surface area contributed by atoms with Gasteiger partial charge in [0.15, 0.2) is 0 Å². The molecule has 2 aromatic rings. The van der Waals surface area contributed by atoms with Crippen molar-refractivity contribution in [1.29, 1.82) is 0 Å². The molecule has 1 amide bonds. The largest absolute Gasteiger partial charge is 0.491 e. The molecular formula is C38H50ClN3O4S. The van der Waals surface area contributed by atoms with Crippen LogP contribution in [0.4, 0.5) is 5.69 Å². The normalized spacial score (nSPS) is 33.9. The van der Waals surface area contributed by atoms with Crippen molar-refractivity contribution < 1.29 is 19.0 Å². The van der Waals surface area contributed by atoms with E-state index >= 15 is 0 Å². The Morgan fingerprint density at radius 1 is 1.09 bits per heavy atom. The van der Waals surface area contributed by atoms with E-state index < -0.39 is 0 Å². The zero-order valence-corrected chi connectivity index (χ0v) is 29.7. The number of ether oxygens (including phenoxy) is 3. The third-order valence-corrected chi connectivity index (χ3v) is 12.5. The summed E-state index contributed by atoms with van der Waals surface area (Å²) in [6.45, 7) is 12.9. The molecule has 1 saturated carbocycles. The van der Waals surface area contributed by atoms with Crippen LogP contribution < -0.4 is 14.4 Å². The predicted octanol–water partition coefficient (Wildman–Crippen LogP) is 7.13. The number of benzene rings is 2. The molecule has 7 unspecified atom stereocenters. The van der Waals surface area contributed by atoms with Crippen LogP contribution in [0.2, 0.25) is 5.02 Å². The van der Waals surface area contributed by atoms with Crippen LogP contribution in [0.1, 0.15) is 63.5 Å². The van der Waals surface area contributed by atoms with Gasteiger partial charge in [0.1, 0.15) is 11.4 Å². The molecule has 4 aliphatic heterocycles. The number of fused-ring (bicyclic) bond motifs is 4. The lowest BCUT2D eigenvalue weighted by molar-refractivity contribution is -0.186. The second-order valence-corrected chi connectivity index (χ2v) is 15.8. The average Bonchev–Trinajstić information content (AvgIpc) is 3.24. The zero-order chi connectivity index (χ0) is 32.5. The Kier molecular flexibility index (Phi) is 10.1. The smallest absolute Gasteiger partial charge is 0.233 e. The monoisotopic (exact) mass is 679 g/mol. The fraction of sp³-hybridized carbons (Fsp3) is 0.605. The van der Waals surface area contributed by atoms with E-state index in [0.29, 0.717) is 31.1 Å². The molecule has 47 heavy (non-hydrogen) atoms. The van der Waals surface area contributed by atoms with Crippen LogP contribution >= 0.6 is 23.5 Å². The van der Waals surface area contributed by atoms with E-state index in [4.69, 9.17) is 25.8 Å². The lowest BCUT2D eigenvalue weighted by atomic mass is 9.63. The molecule has 3 fully saturated rings. The summed E-state index contributed by atoms with van der Waals surface area (Å²) in [4.78, 5) is 19.5. The number of rotatable bonds is 3. The van der Waals surface area contributed by atoms with Gasteiger partial charge in [-0.1, -0.05) is 57.0 Å². The van der Waals surface area contributed by atoms with Crippen molar-refractivity contribution in [1.82, 2.24) is 9.62 Å². The zero-order valence-electron chi connectivity index (χ0n) is 28.1. The minimum absolute atomic E-state index is 0.0659. The molecule has 1 spiro atoms. The highest BCUT2D eigenvalue weighted by Crippen LogP contribution is 2.49. The number of carbonyl (C=O) groups excluding carboxylic acids is 1. The first kappa shape index (κ1) is 33.3. The highest BCUT2D eigenvalue weighted by Gasteiger charge is 2.52. The molecule has 2 aromatic carbocycles. The van der Waals surface area contributed by atoms with Gasteiger partial charge in [-0.3, -0.25) is 14.4 Å². The van der Waals surface area contributed by atoms with Gasteiger partial charge in [0.05, 0.1) is 38.2 Å². The highest BCUT2D eigenvalue weighted by atomic mass is 35.5. The van der Waals surface area contributed by atoms with Gasteiger partial charge >= 0.3 is 0 Å². The lowest BCUT2D eigenvalue weighted by Gasteiger charge is -2.56. The van der Waals surface area contributed by atoms with Gasteiger partial charge in [-0.25, -0.2) is 0 Å². The second kappa shape index (κ2) is 14.3. The number of hydrogen-bond donors (Lipinski definition) is 1. The minimum Gasteiger partial charge on any atom is -0.491 e. The molecule has 7 atom stereocenters. The summed E-state index contributed by atoms with van der Waals surface area (Å²) in [5.74, 6) is 2.20. The van der Waals surface area contributed by atoms with E-state index in [1.165, 1.54) is 29.5 Å². The molecule has 2 saturated heterocycles. The van der Waals surface area contributed by atoms with Crippen molar-refractivity contribution >= 4 is 35.1 Å². The summed E-state index contributed by atoms with van der Waals surface area (Å²) in [6, 6.07) is 13.1. The van der Waals surface area contributed by atoms with E-state index in [0.717, 1.165) is 86.4 Å². The second-order valence-electron chi connectivity index (χ2n) is 14.5. The third kappa shape index (κ3) is 6.96. The molecule has 1 N–H and O–H groups in total. The number of aryl methyl sites for hydroxylation is 1. The summed E-state index contributed by atoms with van der Waals surface area (Å²) < 4.78 is 22.6. The Hall–Kier alpha value is -2.23. The molecule has 0 radical (unpaired) electrons. The van der Waals surface area contributed by atoms with E-state index in [1.54, 1.807) is 0 Å². The van der Waals surface area contributed by atoms with Crippen LogP contribution in [0.25, 0.3) is 0 Å². The predicted molar refractivity (Wildman–Crippen MR) is 189 cm³/mol. The number of carbonyl (C=O) groups is 1. The number of anilines is 1. The summed E-state index contributed by atoms with van der Waals surface area (Å²) in [5, 5.41) is 0.790. The third-order valence-electron chi connectivity index (χ3n) is 11.5. The first-order valence-corrected chi connectivity index (χ1v) is 18.9. The highest BCUT2D eigenvalue weighted by molar-refractivity contribution is 7.98. The van der Waals surface area contributed by atoms with Gasteiger partial charge in [-0.05, 0) is 96.8 Å². The molecule has 2 bridgehead atoms. The molecule has 5 aliphatic rings. The van der Waals surface area contributed by atoms with E-state index in [-0.39, 0.29) is 29.3 Å². The summed E-state index contributed by atoms with van der Waals surface area (Å²) in [7, 11) is 0. The minimum atomic E-state index is -0.341. The van der Waals surface area contributed by atoms with E-state index in [1.807, 2.05) is 13.0 Å². The fourth-order valence-electron chi connectivity index (χ4n) is 8.33. The molecule has 1 aliphatic carbocycles. The molecule has 9 heteroatoms. The summed E-state index contributed by atoms with van der Waals surface area (Å²) in [5.41, 5.74) is 3.42. The number of halogens is 1. The Balaban J connectivity index is 1.25. The standard InChI is InChI=1S/C38H50ClN3O4S/c1-4-6-27-17-30(39)9-11-33(27)29-20-42-19-28-8-12-34(28)38(24-41-15-16-44-22-31(41)23-46-38)14-5-7-25(2)26(3)37(43)40-47-32-10-13-36(45-21-29)35(42)18-32/h5,9-11,13-14,17-18,25-26,28-29,31,34H,4,6-8,12,15-16,19-24H2,1-3H3,(H,40,43)/b14-5+. The van der Waals surface area contributed by atoms with Gasteiger partial charge in [0, 0.05) is 47.9 Å². The van der Waals surface area contributed by atoms with Gasteiger partial charge in [0.25, 0.3) is 0 Å². The maximum Gasteiger partial charge on any atom is 0.233 e. The maximum atomic E-state index is 13.3. The van der Waals surface area contributed by atoms with E-state index in [2.05, 4.69) is 70.9 Å². The van der Waals surface area contributed by atoms with Gasteiger partial charge in [-0.2, -0.15) is 0 Å². The number of nitrogens with zero attached hydrogens (tertiary/aromatic N) is 2. The van der Waals surface area contributed by atoms with Crippen LogP contribution in [0, 0.1) is 23.7 Å². The van der Waals surface area contributed by atoms with E-state index in [9.17, 15) is 4.79 Å². The van der Waals surface area contributed by atoms with Crippen LogP contribution in [-0.2, 0) is 20.7 Å². The van der Waals surface area contributed by atoms with Gasteiger partial charge < -0.3 is 19.1 Å².